The van der Waals surface area contributed by atoms with Crippen molar-refractivity contribution in [1.82, 2.24) is 15.1 Å². The van der Waals surface area contributed by atoms with E-state index in [1.54, 1.807) is 56.0 Å². The average Bonchev–Trinajstić information content (AvgIpc) is 3.08. The summed E-state index contributed by atoms with van der Waals surface area (Å²) in [7, 11) is 0. The number of rotatable bonds is 4. The largest absolute Gasteiger partial charge is 0.427 e. The van der Waals surface area contributed by atoms with Crippen molar-refractivity contribution >= 4 is 29.6 Å². The van der Waals surface area contributed by atoms with Crippen LogP contribution in [0.1, 0.15) is 82.0 Å². The normalized spacial score (nSPS) is 16.1. The van der Waals surface area contributed by atoms with Gasteiger partial charge < -0.3 is 15.0 Å². The molecule has 0 atom stereocenters. The maximum Gasteiger partial charge on any atom is 0.308 e. The van der Waals surface area contributed by atoms with Gasteiger partial charge in [-0.15, -0.1) is 0 Å². The third kappa shape index (κ3) is 5.00. The molecule has 0 bridgehead atoms. The molecule has 2 aromatic rings. The molecule has 0 aromatic heterocycles. The lowest BCUT2D eigenvalue weighted by Gasteiger charge is -2.32. The van der Waals surface area contributed by atoms with Crippen LogP contribution in [-0.4, -0.2) is 64.1 Å². The van der Waals surface area contributed by atoms with Gasteiger partial charge in [0.25, 0.3) is 23.6 Å². The fraction of sp³-hybridized carbons (Fsp3) is 0.370. The molecule has 0 radical (unpaired) electrons. The predicted molar refractivity (Wildman–Crippen MR) is 131 cm³/mol. The SMILES string of the molecule is CC(=O)Oc1cccc(C(=O)NC2CCN(C(=O)c3ccc4c(c3)C(=O)N(C(C)(C)C)C4=O)CC2)c1. The van der Waals surface area contributed by atoms with E-state index in [0.717, 1.165) is 0 Å². The van der Waals surface area contributed by atoms with Crippen LogP contribution in [0, 0.1) is 0 Å². The van der Waals surface area contributed by atoms with Crippen LogP contribution in [-0.2, 0) is 4.79 Å². The maximum absolute atomic E-state index is 13.1. The predicted octanol–water partition coefficient (Wildman–Crippen LogP) is 3.04. The molecule has 0 saturated carbocycles. The molecule has 1 saturated heterocycles. The Balaban J connectivity index is 1.37. The zero-order valence-electron chi connectivity index (χ0n) is 20.8. The van der Waals surface area contributed by atoms with Gasteiger partial charge in [0.05, 0.1) is 11.1 Å². The molecular weight excluding hydrogens is 462 g/mol. The summed E-state index contributed by atoms with van der Waals surface area (Å²) in [6, 6.07) is 10.9. The minimum absolute atomic E-state index is 0.113. The average molecular weight is 492 g/mol. The number of piperidine rings is 1. The second-order valence-electron chi connectivity index (χ2n) is 10.0. The molecule has 9 heteroatoms. The Bertz CT molecular complexity index is 1250. The van der Waals surface area contributed by atoms with Crippen LogP contribution in [0.4, 0.5) is 0 Å². The highest BCUT2D eigenvalue weighted by Crippen LogP contribution is 2.30. The summed E-state index contributed by atoms with van der Waals surface area (Å²) < 4.78 is 5.03. The van der Waals surface area contributed by atoms with Crippen molar-refractivity contribution in [2.75, 3.05) is 13.1 Å². The highest BCUT2D eigenvalue weighted by molar-refractivity contribution is 6.22. The van der Waals surface area contributed by atoms with Gasteiger partial charge >= 0.3 is 5.97 Å². The van der Waals surface area contributed by atoms with Crippen molar-refractivity contribution in [2.24, 2.45) is 0 Å². The second kappa shape index (κ2) is 9.56. The van der Waals surface area contributed by atoms with E-state index in [-0.39, 0.29) is 29.3 Å². The van der Waals surface area contributed by atoms with Gasteiger partial charge in [-0.2, -0.15) is 0 Å². The Hall–Kier alpha value is -4.01. The van der Waals surface area contributed by atoms with Crippen molar-refractivity contribution in [3.05, 3.63) is 64.7 Å². The van der Waals surface area contributed by atoms with Crippen molar-refractivity contribution in [3.8, 4) is 5.75 Å². The fourth-order valence-electron chi connectivity index (χ4n) is 4.53. The zero-order chi connectivity index (χ0) is 26.2. The van der Waals surface area contributed by atoms with Crippen LogP contribution in [0.2, 0.25) is 0 Å². The van der Waals surface area contributed by atoms with Gasteiger partial charge in [0.15, 0.2) is 0 Å². The lowest BCUT2D eigenvalue weighted by Crippen LogP contribution is -2.46. The number of hydrogen-bond acceptors (Lipinski definition) is 6. The molecule has 0 aliphatic carbocycles. The van der Waals surface area contributed by atoms with E-state index in [4.69, 9.17) is 4.74 Å². The Morgan fingerprint density at radius 1 is 0.917 bits per heavy atom. The van der Waals surface area contributed by atoms with Gasteiger partial charge in [-0.3, -0.25) is 28.9 Å². The van der Waals surface area contributed by atoms with Crippen LogP contribution in [0.25, 0.3) is 0 Å². The number of fused-ring (bicyclic) bond motifs is 1. The standard InChI is InChI=1S/C27H29N3O6/c1-16(31)36-20-7-5-6-17(14-20)23(32)28-19-10-12-29(13-11-19)24(33)18-8-9-21-22(15-18)26(35)30(25(21)34)27(2,3)4/h5-9,14-15,19H,10-13H2,1-4H3,(H,28,32). The summed E-state index contributed by atoms with van der Waals surface area (Å²) in [4.78, 5) is 65.4. The van der Waals surface area contributed by atoms with E-state index in [1.807, 2.05) is 0 Å². The van der Waals surface area contributed by atoms with E-state index in [9.17, 15) is 24.0 Å². The Kier molecular flexibility index (Phi) is 6.67. The molecule has 36 heavy (non-hydrogen) atoms. The van der Waals surface area contributed by atoms with Gasteiger partial charge in [0.1, 0.15) is 5.75 Å². The number of nitrogens with zero attached hydrogens (tertiary/aromatic N) is 2. The molecule has 4 rings (SSSR count). The van der Waals surface area contributed by atoms with Gasteiger partial charge in [0, 0.05) is 42.7 Å². The summed E-state index contributed by atoms with van der Waals surface area (Å²) in [5.74, 6) is -1.40. The summed E-state index contributed by atoms with van der Waals surface area (Å²) >= 11 is 0. The van der Waals surface area contributed by atoms with E-state index in [0.29, 0.717) is 48.4 Å². The molecule has 0 spiro atoms. The van der Waals surface area contributed by atoms with Gasteiger partial charge in [-0.05, 0) is 70.0 Å². The first-order valence-electron chi connectivity index (χ1n) is 11.9. The highest BCUT2D eigenvalue weighted by atomic mass is 16.5. The molecule has 2 aliphatic rings. The van der Waals surface area contributed by atoms with Crippen molar-refractivity contribution in [1.29, 1.82) is 0 Å². The number of hydrogen-bond donors (Lipinski definition) is 1. The van der Waals surface area contributed by atoms with Crippen LogP contribution >= 0.6 is 0 Å². The van der Waals surface area contributed by atoms with Gasteiger partial charge in [0.2, 0.25) is 0 Å². The molecule has 188 valence electrons. The molecule has 1 fully saturated rings. The first-order valence-corrected chi connectivity index (χ1v) is 11.9. The van der Waals surface area contributed by atoms with E-state index in [1.165, 1.54) is 24.0 Å². The number of imide groups is 1. The minimum Gasteiger partial charge on any atom is -0.427 e. The number of carbonyl (C=O) groups excluding carboxylic acids is 5. The van der Waals surface area contributed by atoms with Crippen molar-refractivity contribution in [3.63, 3.8) is 0 Å². The number of benzene rings is 2. The molecule has 1 N–H and O–H groups in total. The molecular formula is C27H29N3O6. The van der Waals surface area contributed by atoms with Crippen LogP contribution in [0.5, 0.6) is 5.75 Å². The Morgan fingerprint density at radius 2 is 1.58 bits per heavy atom. The fourth-order valence-corrected chi connectivity index (χ4v) is 4.53. The number of amides is 4. The lowest BCUT2D eigenvalue weighted by atomic mass is 10.0. The minimum atomic E-state index is -0.661. The van der Waals surface area contributed by atoms with Gasteiger partial charge in [-0.1, -0.05) is 6.07 Å². The lowest BCUT2D eigenvalue weighted by molar-refractivity contribution is -0.131. The number of nitrogens with one attached hydrogen (secondary N) is 1. The number of likely N-dealkylation sites (tertiary alicyclic amines) is 1. The second-order valence-corrected chi connectivity index (χ2v) is 10.0. The molecule has 2 aliphatic heterocycles. The first-order chi connectivity index (χ1) is 17.0. The number of esters is 1. The van der Waals surface area contributed by atoms with Crippen LogP contribution < -0.4 is 10.1 Å². The molecule has 2 aromatic carbocycles. The van der Waals surface area contributed by atoms with Gasteiger partial charge in [-0.25, -0.2) is 0 Å². The molecule has 0 unspecified atom stereocenters. The van der Waals surface area contributed by atoms with E-state index >= 15 is 0 Å². The first kappa shape index (κ1) is 25.1. The number of carbonyl (C=O) groups is 5. The van der Waals surface area contributed by atoms with Crippen molar-refractivity contribution in [2.45, 2.75) is 52.1 Å². The monoisotopic (exact) mass is 491 g/mol. The summed E-state index contributed by atoms with van der Waals surface area (Å²) in [6.07, 6.45) is 1.14. The summed E-state index contributed by atoms with van der Waals surface area (Å²) in [6.45, 7) is 7.55. The zero-order valence-corrected chi connectivity index (χ0v) is 20.8. The molecule has 4 amide bonds. The Labute approximate surface area is 209 Å². The summed E-state index contributed by atoms with van der Waals surface area (Å²) in [5, 5.41) is 2.97. The van der Waals surface area contributed by atoms with Crippen LogP contribution in [0.15, 0.2) is 42.5 Å². The van der Waals surface area contributed by atoms with Crippen LogP contribution in [0.3, 0.4) is 0 Å². The molecule has 9 nitrogen and oxygen atoms in total. The summed E-state index contributed by atoms with van der Waals surface area (Å²) in [5.41, 5.74) is 0.639. The number of ether oxygens (including phenoxy) is 1. The smallest absolute Gasteiger partial charge is 0.308 e. The maximum atomic E-state index is 13.1. The van der Waals surface area contributed by atoms with Crippen molar-refractivity contribution < 1.29 is 28.7 Å². The van der Waals surface area contributed by atoms with E-state index in [2.05, 4.69) is 5.32 Å². The van der Waals surface area contributed by atoms with E-state index < -0.39 is 17.4 Å². The third-order valence-electron chi connectivity index (χ3n) is 6.28. The third-order valence-corrected chi connectivity index (χ3v) is 6.28. The Morgan fingerprint density at radius 3 is 2.22 bits per heavy atom. The highest BCUT2D eigenvalue weighted by Gasteiger charge is 2.42. The quantitative estimate of drug-likeness (QED) is 0.400. The molecule has 2 heterocycles. The topological polar surface area (TPSA) is 113 Å².